The van der Waals surface area contributed by atoms with Gasteiger partial charge in [-0.2, -0.15) is 13.2 Å². The first-order valence-electron chi connectivity index (χ1n) is 6.63. The van der Waals surface area contributed by atoms with E-state index in [-0.39, 0.29) is 17.1 Å². The summed E-state index contributed by atoms with van der Waals surface area (Å²) in [6.45, 7) is 0. The van der Waals surface area contributed by atoms with E-state index in [0.29, 0.717) is 11.8 Å². The van der Waals surface area contributed by atoms with Crippen molar-refractivity contribution < 1.29 is 22.7 Å². The quantitative estimate of drug-likeness (QED) is 0.865. The first-order valence-corrected chi connectivity index (χ1v) is 6.63. The maximum atomic E-state index is 12.9. The Hall–Kier alpha value is -2.67. The monoisotopic (exact) mass is 320 g/mol. The number of aliphatic imine (C=N–C) groups is 1. The average Bonchev–Trinajstić information content (AvgIpc) is 2.54. The molecule has 0 saturated carbocycles. The topological polar surface area (TPSA) is 64.7 Å². The third-order valence-corrected chi connectivity index (χ3v) is 3.43. The fraction of sp³-hybridized carbons (Fsp3) is 0.125. The van der Waals surface area contributed by atoms with Crippen molar-refractivity contribution in [2.45, 2.75) is 11.9 Å². The summed E-state index contributed by atoms with van der Waals surface area (Å²) in [5, 5.41) is 0. The van der Waals surface area contributed by atoms with Crippen LogP contribution in [0.2, 0.25) is 0 Å². The molecule has 2 N–H and O–H groups in total. The molecule has 118 valence electrons. The van der Waals surface area contributed by atoms with Crippen LogP contribution in [-0.2, 0) is 21.4 Å². The lowest BCUT2D eigenvalue weighted by molar-refractivity contribution is -0.137. The molecule has 4 nitrogen and oxygen atoms in total. The second-order valence-corrected chi connectivity index (χ2v) is 5.03. The Kier molecular flexibility index (Phi) is 3.45. The predicted octanol–water partition coefficient (Wildman–Crippen LogP) is 3.12. The molecular formula is C16H11F3N2O2. The van der Waals surface area contributed by atoms with Crippen LogP contribution in [0.5, 0.6) is 0 Å². The smallest absolute Gasteiger partial charge is 0.416 e. The van der Waals surface area contributed by atoms with E-state index in [1.165, 1.54) is 0 Å². The zero-order valence-corrected chi connectivity index (χ0v) is 11.7. The van der Waals surface area contributed by atoms with E-state index in [1.807, 2.05) is 0 Å². The molecule has 1 atom stereocenters. The predicted molar refractivity (Wildman–Crippen MR) is 77.1 cm³/mol. The highest BCUT2D eigenvalue weighted by atomic mass is 19.4. The molecule has 1 aliphatic rings. The highest BCUT2D eigenvalue weighted by Crippen LogP contribution is 2.39. The Morgan fingerprint density at radius 2 is 1.83 bits per heavy atom. The molecule has 0 fully saturated rings. The number of rotatable bonds is 2. The zero-order chi connectivity index (χ0) is 16.7. The van der Waals surface area contributed by atoms with Crippen molar-refractivity contribution in [1.82, 2.24) is 0 Å². The van der Waals surface area contributed by atoms with Gasteiger partial charge < -0.3 is 4.74 Å². The fourth-order valence-electron chi connectivity index (χ4n) is 2.27. The lowest BCUT2D eigenvalue weighted by Gasteiger charge is -2.31. The first kappa shape index (κ1) is 15.2. The number of nitrogens with two attached hydrogens (primary N) is 1. The third kappa shape index (κ3) is 2.70. The largest absolute Gasteiger partial charge is 0.444 e. The minimum absolute atomic E-state index is 0.00738. The van der Waals surface area contributed by atoms with Gasteiger partial charge in [0, 0.05) is 11.1 Å². The van der Waals surface area contributed by atoms with Crippen molar-refractivity contribution in [2.24, 2.45) is 10.7 Å². The van der Waals surface area contributed by atoms with Crippen LogP contribution in [0.25, 0.3) is 0 Å². The van der Waals surface area contributed by atoms with Crippen molar-refractivity contribution in [3.8, 4) is 0 Å². The molecule has 0 saturated heterocycles. The van der Waals surface area contributed by atoms with Crippen LogP contribution in [0, 0.1) is 0 Å². The Bertz CT molecular complexity index is 788. The molecule has 0 aliphatic carbocycles. The first-order chi connectivity index (χ1) is 10.8. The molecular weight excluding hydrogens is 309 g/mol. The number of hydrogen-bond donors (Lipinski definition) is 1. The number of fused-ring (bicyclic) bond motifs is 1. The second kappa shape index (κ2) is 5.20. The summed E-state index contributed by atoms with van der Waals surface area (Å²) in [7, 11) is 0. The normalized spacial score (nSPS) is 20.3. The minimum Gasteiger partial charge on any atom is -0.444 e. The molecule has 23 heavy (non-hydrogen) atoms. The Balaban J connectivity index is 2.18. The van der Waals surface area contributed by atoms with Gasteiger partial charge in [-0.15, -0.1) is 0 Å². The van der Waals surface area contributed by atoms with E-state index in [0.717, 1.165) is 18.2 Å². The number of aldehydes is 1. The van der Waals surface area contributed by atoms with Crippen LogP contribution in [0.3, 0.4) is 0 Å². The van der Waals surface area contributed by atoms with Crippen LogP contribution in [0.1, 0.15) is 16.7 Å². The molecule has 7 heteroatoms. The van der Waals surface area contributed by atoms with Gasteiger partial charge >= 0.3 is 6.18 Å². The number of halogens is 3. The fourth-order valence-corrected chi connectivity index (χ4v) is 2.27. The maximum Gasteiger partial charge on any atom is 0.416 e. The van der Waals surface area contributed by atoms with Gasteiger partial charge in [0.2, 0.25) is 11.6 Å². The highest BCUT2D eigenvalue weighted by Gasteiger charge is 2.39. The summed E-state index contributed by atoms with van der Waals surface area (Å²) in [5.74, 6) is -0.00738. The molecule has 2 aromatic rings. The van der Waals surface area contributed by atoms with Gasteiger partial charge in [0.15, 0.2) is 6.29 Å². The number of nitrogens with zero attached hydrogens (tertiary/aromatic N) is 1. The van der Waals surface area contributed by atoms with Crippen LogP contribution in [0.4, 0.5) is 18.9 Å². The lowest BCUT2D eigenvalue weighted by Crippen LogP contribution is -2.45. The number of hydrogen-bond acceptors (Lipinski definition) is 4. The highest BCUT2D eigenvalue weighted by molar-refractivity contribution is 5.99. The Morgan fingerprint density at radius 1 is 1.13 bits per heavy atom. The number of carbonyl (C=O) groups excluding carboxylic acids is 1. The van der Waals surface area contributed by atoms with E-state index >= 15 is 0 Å². The van der Waals surface area contributed by atoms with E-state index in [9.17, 15) is 18.0 Å². The molecule has 3 rings (SSSR count). The van der Waals surface area contributed by atoms with E-state index in [4.69, 9.17) is 10.5 Å². The van der Waals surface area contributed by atoms with Crippen molar-refractivity contribution in [3.63, 3.8) is 0 Å². The van der Waals surface area contributed by atoms with E-state index in [1.54, 1.807) is 30.3 Å². The molecule has 2 aromatic carbocycles. The van der Waals surface area contributed by atoms with Crippen LogP contribution < -0.4 is 5.73 Å². The number of ether oxygens (including phenoxy) is 1. The van der Waals surface area contributed by atoms with Gasteiger partial charge in [0.25, 0.3) is 0 Å². The van der Waals surface area contributed by atoms with E-state index < -0.39 is 17.5 Å². The number of alkyl halides is 3. The molecule has 1 unspecified atom stereocenters. The number of benzene rings is 2. The van der Waals surface area contributed by atoms with Gasteiger partial charge in [0.05, 0.1) is 11.3 Å². The molecule has 0 aromatic heterocycles. The van der Waals surface area contributed by atoms with Crippen LogP contribution >= 0.6 is 0 Å². The van der Waals surface area contributed by atoms with Crippen molar-refractivity contribution in [1.29, 1.82) is 0 Å². The van der Waals surface area contributed by atoms with Crippen LogP contribution in [0.15, 0.2) is 53.5 Å². The minimum atomic E-state index is -4.52. The molecule has 0 radical (unpaired) electrons. The Labute approximate surface area is 129 Å². The summed E-state index contributed by atoms with van der Waals surface area (Å²) in [6.07, 6.45) is -4.18. The van der Waals surface area contributed by atoms with Crippen LogP contribution in [-0.4, -0.2) is 12.2 Å². The van der Waals surface area contributed by atoms with Gasteiger partial charge in [-0.3, -0.25) is 10.5 Å². The van der Waals surface area contributed by atoms with Crippen molar-refractivity contribution in [3.05, 3.63) is 65.2 Å². The molecule has 0 spiro atoms. The van der Waals surface area contributed by atoms with Gasteiger partial charge in [-0.1, -0.05) is 24.3 Å². The standard InChI is InChI=1S/C16H11F3N2O2/c17-16(18,19)11-6-7-12-13(8-11)21-14(23-15(12,20)9-22)10-4-2-1-3-5-10/h1-9H,20H2. The average molecular weight is 320 g/mol. The van der Waals surface area contributed by atoms with Gasteiger partial charge in [-0.05, 0) is 24.3 Å². The Morgan fingerprint density at radius 3 is 2.43 bits per heavy atom. The summed E-state index contributed by atoms with van der Waals surface area (Å²) in [5.41, 5.74) is 3.70. The SMILES string of the molecule is NC1(C=O)OC(c2ccccc2)=Nc2cc(C(F)(F)F)ccc21. The van der Waals surface area contributed by atoms with Crippen molar-refractivity contribution >= 4 is 17.9 Å². The van der Waals surface area contributed by atoms with Crippen molar-refractivity contribution in [2.75, 3.05) is 0 Å². The van der Waals surface area contributed by atoms with Gasteiger partial charge in [0.1, 0.15) is 0 Å². The number of carbonyl (C=O) groups is 1. The summed E-state index contributed by atoms with van der Waals surface area (Å²) in [6, 6.07) is 11.3. The lowest BCUT2D eigenvalue weighted by atomic mass is 9.98. The maximum absolute atomic E-state index is 12.9. The van der Waals surface area contributed by atoms with E-state index in [2.05, 4.69) is 4.99 Å². The summed E-state index contributed by atoms with van der Waals surface area (Å²) >= 11 is 0. The molecule has 0 amide bonds. The van der Waals surface area contributed by atoms with Gasteiger partial charge in [-0.25, -0.2) is 4.99 Å². The zero-order valence-electron chi connectivity index (χ0n) is 11.7. The molecule has 1 aliphatic heterocycles. The molecule has 0 bridgehead atoms. The third-order valence-electron chi connectivity index (χ3n) is 3.43. The summed E-state index contributed by atoms with van der Waals surface area (Å²) < 4.78 is 44.1. The summed E-state index contributed by atoms with van der Waals surface area (Å²) in [4.78, 5) is 15.5. The second-order valence-electron chi connectivity index (χ2n) is 5.03. The molecule has 1 heterocycles.